The fourth-order valence-electron chi connectivity index (χ4n) is 1.88. The van der Waals surface area contributed by atoms with Crippen LogP contribution in [0.4, 0.5) is 0 Å². The molecule has 1 heterocycles. The van der Waals surface area contributed by atoms with Crippen LogP contribution in [0, 0.1) is 0 Å². The highest BCUT2D eigenvalue weighted by Gasteiger charge is 2.21. The van der Waals surface area contributed by atoms with E-state index in [-0.39, 0.29) is 17.1 Å². The Balaban J connectivity index is 2.22. The number of rotatable bonds is 3. The summed E-state index contributed by atoms with van der Waals surface area (Å²) < 4.78 is 0. The van der Waals surface area contributed by atoms with Crippen molar-refractivity contribution in [1.29, 1.82) is 0 Å². The van der Waals surface area contributed by atoms with Crippen molar-refractivity contribution in [2.75, 3.05) is 7.05 Å². The minimum Gasteiger partial charge on any atom is -0.335 e. The average molecular weight is 309 g/mol. The molecule has 0 saturated heterocycles. The van der Waals surface area contributed by atoms with E-state index >= 15 is 0 Å². The second-order valence-corrected chi connectivity index (χ2v) is 5.28. The molecule has 1 atom stereocenters. The molecule has 2 rings (SSSR count). The van der Waals surface area contributed by atoms with Crippen LogP contribution in [0.2, 0.25) is 10.2 Å². The van der Waals surface area contributed by atoms with Crippen LogP contribution in [-0.2, 0) is 0 Å². The van der Waals surface area contributed by atoms with Gasteiger partial charge in [0, 0.05) is 18.3 Å². The van der Waals surface area contributed by atoms with Gasteiger partial charge in [0.05, 0.1) is 11.6 Å². The zero-order valence-electron chi connectivity index (χ0n) is 11.2. The molecule has 2 aromatic rings. The number of carbonyl (C=O) groups excluding carboxylic acids is 1. The Bertz CT molecular complexity index is 614. The number of carbonyl (C=O) groups is 1. The predicted octanol–water partition coefficient (Wildman–Crippen LogP) is 4.22. The van der Waals surface area contributed by atoms with Gasteiger partial charge in [0.25, 0.3) is 5.91 Å². The minimum absolute atomic E-state index is 0.0870. The van der Waals surface area contributed by atoms with Gasteiger partial charge >= 0.3 is 0 Å². The van der Waals surface area contributed by atoms with Crippen LogP contribution < -0.4 is 0 Å². The molecule has 104 valence electrons. The standard InChI is InChI=1S/C15H14Cl2N2O/c1-10(11-5-7-12(16)8-6-11)19(2)15(20)13-4-3-9-18-14(13)17/h3-10H,1-2H3. The van der Waals surface area contributed by atoms with Crippen LogP contribution in [-0.4, -0.2) is 22.8 Å². The fourth-order valence-corrected chi connectivity index (χ4v) is 2.20. The molecule has 0 spiro atoms. The van der Waals surface area contributed by atoms with E-state index in [2.05, 4.69) is 4.98 Å². The lowest BCUT2D eigenvalue weighted by Gasteiger charge is -2.25. The molecule has 20 heavy (non-hydrogen) atoms. The average Bonchev–Trinajstić information content (AvgIpc) is 2.46. The van der Waals surface area contributed by atoms with Gasteiger partial charge < -0.3 is 4.90 Å². The number of aromatic nitrogens is 1. The van der Waals surface area contributed by atoms with E-state index in [0.29, 0.717) is 10.6 Å². The maximum atomic E-state index is 12.4. The van der Waals surface area contributed by atoms with Crippen LogP contribution in [0.5, 0.6) is 0 Å². The number of pyridine rings is 1. The maximum Gasteiger partial charge on any atom is 0.257 e. The monoisotopic (exact) mass is 308 g/mol. The summed E-state index contributed by atoms with van der Waals surface area (Å²) in [5.41, 5.74) is 1.41. The Hall–Kier alpha value is -1.58. The molecular formula is C15H14Cl2N2O. The Morgan fingerprint density at radius 2 is 1.85 bits per heavy atom. The van der Waals surface area contributed by atoms with E-state index in [1.807, 2.05) is 31.2 Å². The second kappa shape index (κ2) is 6.25. The fraction of sp³-hybridized carbons (Fsp3) is 0.200. The summed E-state index contributed by atoms with van der Waals surface area (Å²) >= 11 is 11.8. The molecule has 0 N–H and O–H groups in total. The molecule has 0 radical (unpaired) electrons. The molecule has 0 aliphatic carbocycles. The zero-order valence-corrected chi connectivity index (χ0v) is 12.7. The molecule has 0 aliphatic heterocycles. The highest BCUT2D eigenvalue weighted by Crippen LogP contribution is 2.23. The highest BCUT2D eigenvalue weighted by molar-refractivity contribution is 6.32. The lowest BCUT2D eigenvalue weighted by molar-refractivity contribution is 0.0742. The first-order valence-electron chi connectivity index (χ1n) is 6.14. The largest absolute Gasteiger partial charge is 0.335 e. The van der Waals surface area contributed by atoms with Crippen LogP contribution in [0.1, 0.15) is 28.9 Å². The third-order valence-electron chi connectivity index (χ3n) is 3.24. The molecule has 0 saturated carbocycles. The van der Waals surface area contributed by atoms with Gasteiger partial charge in [-0.2, -0.15) is 0 Å². The minimum atomic E-state index is -0.162. The number of hydrogen-bond acceptors (Lipinski definition) is 2. The van der Waals surface area contributed by atoms with Gasteiger partial charge in [-0.15, -0.1) is 0 Å². The first kappa shape index (κ1) is 14.8. The molecule has 1 aromatic carbocycles. The van der Waals surface area contributed by atoms with Crippen LogP contribution in [0.3, 0.4) is 0 Å². The Kier molecular flexibility index (Phi) is 4.63. The topological polar surface area (TPSA) is 33.2 Å². The molecule has 1 amide bonds. The molecule has 1 unspecified atom stereocenters. The summed E-state index contributed by atoms with van der Waals surface area (Å²) in [5.74, 6) is -0.162. The summed E-state index contributed by atoms with van der Waals surface area (Å²) in [6, 6.07) is 10.7. The second-order valence-electron chi connectivity index (χ2n) is 4.49. The van der Waals surface area contributed by atoms with Crippen LogP contribution >= 0.6 is 23.2 Å². The molecule has 0 aliphatic rings. The van der Waals surface area contributed by atoms with Gasteiger partial charge in [-0.1, -0.05) is 35.3 Å². The van der Waals surface area contributed by atoms with E-state index < -0.39 is 0 Å². The number of amides is 1. The lowest BCUT2D eigenvalue weighted by Crippen LogP contribution is -2.30. The SMILES string of the molecule is CC(c1ccc(Cl)cc1)N(C)C(=O)c1cccnc1Cl. The van der Waals surface area contributed by atoms with Crippen molar-refractivity contribution in [2.45, 2.75) is 13.0 Å². The van der Waals surface area contributed by atoms with Gasteiger partial charge in [-0.25, -0.2) is 4.98 Å². The quantitative estimate of drug-likeness (QED) is 0.795. The van der Waals surface area contributed by atoms with Crippen LogP contribution in [0.15, 0.2) is 42.6 Å². The van der Waals surface area contributed by atoms with Crippen molar-refractivity contribution in [3.8, 4) is 0 Å². The summed E-state index contributed by atoms with van der Waals surface area (Å²) in [6.45, 7) is 1.95. The molecule has 1 aromatic heterocycles. The van der Waals surface area contributed by atoms with Crippen molar-refractivity contribution in [3.05, 3.63) is 63.9 Å². The first-order chi connectivity index (χ1) is 9.50. The number of benzene rings is 1. The van der Waals surface area contributed by atoms with Crippen molar-refractivity contribution in [3.63, 3.8) is 0 Å². The summed E-state index contributed by atoms with van der Waals surface area (Å²) in [6.07, 6.45) is 1.56. The van der Waals surface area contributed by atoms with Crippen molar-refractivity contribution < 1.29 is 4.79 Å². The lowest BCUT2D eigenvalue weighted by atomic mass is 10.1. The summed E-state index contributed by atoms with van der Waals surface area (Å²) in [7, 11) is 1.74. The van der Waals surface area contributed by atoms with E-state index in [0.717, 1.165) is 5.56 Å². The highest BCUT2D eigenvalue weighted by atomic mass is 35.5. The zero-order chi connectivity index (χ0) is 14.7. The van der Waals surface area contributed by atoms with E-state index in [1.165, 1.54) is 0 Å². The Morgan fingerprint density at radius 1 is 1.20 bits per heavy atom. The van der Waals surface area contributed by atoms with Gasteiger partial charge in [-0.3, -0.25) is 4.79 Å². The van der Waals surface area contributed by atoms with Crippen LogP contribution in [0.25, 0.3) is 0 Å². The molecule has 0 fully saturated rings. The number of hydrogen-bond donors (Lipinski definition) is 0. The Labute approximate surface area is 128 Å². The van der Waals surface area contributed by atoms with Gasteiger partial charge in [0.15, 0.2) is 0 Å². The summed E-state index contributed by atoms with van der Waals surface area (Å²) in [5, 5.41) is 0.887. The van der Waals surface area contributed by atoms with E-state index in [1.54, 1.807) is 30.3 Å². The third-order valence-corrected chi connectivity index (χ3v) is 3.80. The van der Waals surface area contributed by atoms with E-state index in [9.17, 15) is 4.79 Å². The van der Waals surface area contributed by atoms with E-state index in [4.69, 9.17) is 23.2 Å². The third kappa shape index (κ3) is 3.11. The van der Waals surface area contributed by atoms with Gasteiger partial charge in [0.1, 0.15) is 5.15 Å². The van der Waals surface area contributed by atoms with Crippen molar-refractivity contribution in [1.82, 2.24) is 9.88 Å². The molecule has 0 bridgehead atoms. The van der Waals surface area contributed by atoms with Gasteiger partial charge in [-0.05, 0) is 36.8 Å². The first-order valence-corrected chi connectivity index (χ1v) is 6.89. The predicted molar refractivity (Wildman–Crippen MR) is 81.2 cm³/mol. The number of halogens is 2. The van der Waals surface area contributed by atoms with Gasteiger partial charge in [0.2, 0.25) is 0 Å². The smallest absolute Gasteiger partial charge is 0.257 e. The normalized spacial score (nSPS) is 12.0. The maximum absolute atomic E-state index is 12.4. The molecule has 3 nitrogen and oxygen atoms in total. The number of nitrogens with zero attached hydrogens (tertiary/aromatic N) is 2. The van der Waals surface area contributed by atoms with Crippen molar-refractivity contribution in [2.24, 2.45) is 0 Å². The Morgan fingerprint density at radius 3 is 2.45 bits per heavy atom. The molecular weight excluding hydrogens is 295 g/mol. The molecule has 5 heteroatoms. The van der Waals surface area contributed by atoms with Crippen molar-refractivity contribution >= 4 is 29.1 Å². The summed E-state index contributed by atoms with van der Waals surface area (Å²) in [4.78, 5) is 18.0.